The second kappa shape index (κ2) is 9.32. The summed E-state index contributed by atoms with van der Waals surface area (Å²) in [7, 11) is -8.22. The average Bonchev–Trinajstić information content (AvgIpc) is 3.22. The molecule has 0 atom stereocenters. The van der Waals surface area contributed by atoms with Gasteiger partial charge in [-0.3, -0.25) is 0 Å². The Labute approximate surface area is 228 Å². The van der Waals surface area contributed by atoms with E-state index in [9.17, 15) is 16.8 Å². The highest BCUT2D eigenvalue weighted by Gasteiger charge is 2.26. The highest BCUT2D eigenvalue weighted by molar-refractivity contribution is 7.87. The molecule has 0 fully saturated rings. The van der Waals surface area contributed by atoms with Crippen LogP contribution in [0.3, 0.4) is 0 Å². The lowest BCUT2D eigenvalue weighted by Crippen LogP contribution is -2.11. The molecule has 0 heterocycles. The maximum Gasteiger partial charge on any atom is 0.339 e. The van der Waals surface area contributed by atoms with Gasteiger partial charge in [-0.25, -0.2) is 0 Å². The summed E-state index contributed by atoms with van der Waals surface area (Å²) in [5.74, 6) is 0.369. The van der Waals surface area contributed by atoms with Crippen molar-refractivity contribution in [2.24, 2.45) is 0 Å². The van der Waals surface area contributed by atoms with Crippen molar-refractivity contribution < 1.29 is 25.2 Å². The Morgan fingerprint density at radius 3 is 1.23 bits per heavy atom. The molecule has 0 aliphatic heterocycles. The van der Waals surface area contributed by atoms with Crippen molar-refractivity contribution in [3.8, 4) is 22.6 Å². The number of hydrogen-bond acceptors (Lipinski definition) is 8. The van der Waals surface area contributed by atoms with E-state index < -0.39 is 20.2 Å². The minimum atomic E-state index is -4.11. The van der Waals surface area contributed by atoms with Crippen molar-refractivity contribution in [3.63, 3.8) is 0 Å². The lowest BCUT2D eigenvalue weighted by atomic mass is 10.1. The molecule has 202 valence electrons. The van der Waals surface area contributed by atoms with Gasteiger partial charge in [-0.05, 0) is 127 Å². The molecule has 8 nitrogen and oxygen atoms in total. The Kier molecular flexibility index (Phi) is 6.35. The molecule has 4 aromatic carbocycles. The molecule has 10 heteroatoms. The van der Waals surface area contributed by atoms with Crippen molar-refractivity contribution in [2.45, 2.75) is 43.9 Å². The second-order valence-corrected chi connectivity index (χ2v) is 12.9. The number of benzene rings is 4. The minimum Gasteiger partial charge on any atom is -0.398 e. The number of hydrogen-bond donors (Lipinski definition) is 2. The smallest absolute Gasteiger partial charge is 0.339 e. The summed E-state index contributed by atoms with van der Waals surface area (Å²) in [6.07, 6.45) is 0.359. The van der Waals surface area contributed by atoms with Crippen molar-refractivity contribution in [2.75, 3.05) is 11.5 Å². The summed E-state index contributed by atoms with van der Waals surface area (Å²) in [6.45, 7) is 7.13. The van der Waals surface area contributed by atoms with Gasteiger partial charge in [0.25, 0.3) is 0 Å². The highest BCUT2D eigenvalue weighted by Crippen LogP contribution is 2.39. The van der Waals surface area contributed by atoms with Crippen LogP contribution in [-0.2, 0) is 26.7 Å². The van der Waals surface area contributed by atoms with E-state index in [4.69, 9.17) is 19.8 Å². The Morgan fingerprint density at radius 1 is 0.564 bits per heavy atom. The number of anilines is 2. The molecule has 0 spiro atoms. The predicted octanol–water partition coefficient (Wildman–Crippen LogP) is 5.19. The maximum absolute atomic E-state index is 13.1. The van der Waals surface area contributed by atoms with E-state index in [-0.39, 0.29) is 21.3 Å². The lowest BCUT2D eigenvalue weighted by molar-refractivity contribution is 0.484. The Balaban J connectivity index is 1.41. The summed E-state index contributed by atoms with van der Waals surface area (Å²) < 4.78 is 63.0. The number of rotatable bonds is 6. The standard InChI is InChI=1S/C29H28N2O6S2/c1-16-9-22(10-17(2)28(16)30)36-38(32,33)24-5-7-26-20(14-24)13-21-15-25(6-8-27(21)26)39(34,35)37-23-11-18(3)29(31)19(4)12-23/h5-12,14-15H,13,30-31H2,1-4H3. The molecule has 0 saturated heterocycles. The summed E-state index contributed by atoms with van der Waals surface area (Å²) >= 11 is 0. The predicted molar refractivity (Wildman–Crippen MR) is 151 cm³/mol. The normalized spacial score (nSPS) is 12.6. The monoisotopic (exact) mass is 564 g/mol. The molecule has 4 N–H and O–H groups in total. The van der Waals surface area contributed by atoms with Crippen molar-refractivity contribution >= 4 is 31.6 Å². The fourth-order valence-corrected chi connectivity index (χ4v) is 6.72. The average molecular weight is 565 g/mol. The van der Waals surface area contributed by atoms with Gasteiger partial charge < -0.3 is 19.8 Å². The molecule has 0 saturated carbocycles. The van der Waals surface area contributed by atoms with Crippen LogP contribution in [0, 0.1) is 27.7 Å². The van der Waals surface area contributed by atoms with E-state index in [2.05, 4.69) is 0 Å². The zero-order valence-corrected chi connectivity index (χ0v) is 23.5. The van der Waals surface area contributed by atoms with Gasteiger partial charge in [0.05, 0.1) is 0 Å². The molecular weight excluding hydrogens is 536 g/mol. The third kappa shape index (κ3) is 4.93. The van der Waals surface area contributed by atoms with E-state index >= 15 is 0 Å². The summed E-state index contributed by atoms with van der Waals surface area (Å²) in [4.78, 5) is 0.0120. The van der Waals surface area contributed by atoms with Gasteiger partial charge in [-0.15, -0.1) is 0 Å². The van der Waals surface area contributed by atoms with Crippen LogP contribution in [0.25, 0.3) is 11.1 Å². The fraction of sp³-hybridized carbons (Fsp3) is 0.172. The quantitative estimate of drug-likeness (QED) is 0.212. The molecule has 0 unspecified atom stereocenters. The van der Waals surface area contributed by atoms with Gasteiger partial charge in [0, 0.05) is 11.4 Å². The van der Waals surface area contributed by atoms with Crippen molar-refractivity contribution in [1.82, 2.24) is 0 Å². The van der Waals surface area contributed by atoms with Crippen LogP contribution in [0.15, 0.2) is 70.5 Å². The molecule has 5 rings (SSSR count). The van der Waals surface area contributed by atoms with Gasteiger partial charge in [-0.1, -0.05) is 12.1 Å². The molecule has 4 aromatic rings. The molecule has 0 amide bonds. The zero-order valence-electron chi connectivity index (χ0n) is 21.9. The van der Waals surface area contributed by atoms with Crippen LogP contribution in [-0.4, -0.2) is 16.8 Å². The van der Waals surface area contributed by atoms with Gasteiger partial charge >= 0.3 is 20.2 Å². The SMILES string of the molecule is Cc1cc(OS(=O)(=O)c2ccc3c(c2)Cc2cc(S(=O)(=O)Oc4cc(C)c(N)c(C)c4)ccc2-3)cc(C)c1N. The van der Waals surface area contributed by atoms with E-state index in [0.29, 0.717) is 17.8 Å². The summed E-state index contributed by atoms with van der Waals surface area (Å²) in [6, 6.07) is 15.8. The van der Waals surface area contributed by atoms with Crippen LogP contribution in [0.4, 0.5) is 11.4 Å². The molecule has 0 aromatic heterocycles. The zero-order chi connectivity index (χ0) is 28.3. The van der Waals surface area contributed by atoms with E-state index in [1.165, 1.54) is 12.1 Å². The van der Waals surface area contributed by atoms with Crippen LogP contribution >= 0.6 is 0 Å². The van der Waals surface area contributed by atoms with Crippen LogP contribution in [0.5, 0.6) is 11.5 Å². The third-order valence-electron chi connectivity index (χ3n) is 6.95. The molecule has 0 radical (unpaired) electrons. The van der Waals surface area contributed by atoms with Crippen LogP contribution in [0.2, 0.25) is 0 Å². The highest BCUT2D eigenvalue weighted by atomic mass is 32.2. The fourth-order valence-electron chi connectivity index (χ4n) is 4.79. The largest absolute Gasteiger partial charge is 0.398 e. The molecule has 39 heavy (non-hydrogen) atoms. The van der Waals surface area contributed by atoms with E-state index in [1.807, 2.05) is 0 Å². The van der Waals surface area contributed by atoms with E-state index in [1.54, 1.807) is 76.2 Å². The van der Waals surface area contributed by atoms with Gasteiger partial charge in [-0.2, -0.15) is 16.8 Å². The van der Waals surface area contributed by atoms with Crippen LogP contribution in [0.1, 0.15) is 33.4 Å². The van der Waals surface area contributed by atoms with E-state index in [0.717, 1.165) is 44.5 Å². The van der Waals surface area contributed by atoms with Gasteiger partial charge in [0.2, 0.25) is 0 Å². The Bertz CT molecular complexity index is 1700. The first kappa shape index (κ1) is 26.6. The first-order valence-corrected chi connectivity index (χ1v) is 15.0. The second-order valence-electron chi connectivity index (χ2n) is 9.83. The molecule has 1 aliphatic carbocycles. The molecule has 1 aliphatic rings. The summed E-state index contributed by atoms with van der Waals surface area (Å²) in [5.41, 5.74) is 19.2. The number of aryl methyl sites for hydroxylation is 4. The minimum absolute atomic E-state index is 0.00598. The Hall–Kier alpha value is -4.02. The molecular formula is C29H28N2O6S2. The first-order chi connectivity index (χ1) is 18.2. The number of fused-ring (bicyclic) bond motifs is 3. The van der Waals surface area contributed by atoms with Gasteiger partial charge in [0.15, 0.2) is 0 Å². The van der Waals surface area contributed by atoms with Crippen LogP contribution < -0.4 is 19.8 Å². The maximum atomic E-state index is 13.1. The topological polar surface area (TPSA) is 139 Å². The lowest BCUT2D eigenvalue weighted by Gasteiger charge is -2.12. The van der Waals surface area contributed by atoms with Crippen molar-refractivity contribution in [3.05, 3.63) is 94.0 Å². The Morgan fingerprint density at radius 2 is 0.897 bits per heavy atom. The first-order valence-electron chi connectivity index (χ1n) is 12.1. The summed E-state index contributed by atoms with van der Waals surface area (Å²) in [5, 5.41) is 0. The third-order valence-corrected chi connectivity index (χ3v) is 9.43. The molecule has 0 bridgehead atoms. The van der Waals surface area contributed by atoms with Crippen molar-refractivity contribution in [1.29, 1.82) is 0 Å². The van der Waals surface area contributed by atoms with Gasteiger partial charge in [0.1, 0.15) is 21.3 Å². The number of nitrogens with two attached hydrogens (primary N) is 2. The number of nitrogen functional groups attached to an aromatic ring is 2.